The average molecular weight is 321 g/mol. The first-order valence-corrected chi connectivity index (χ1v) is 8.81. The lowest BCUT2D eigenvalue weighted by Gasteiger charge is -2.37. The zero-order valence-corrected chi connectivity index (χ0v) is 14.0. The highest BCUT2D eigenvalue weighted by Gasteiger charge is 2.34. The van der Waals surface area contributed by atoms with E-state index in [9.17, 15) is 4.79 Å². The maximum atomic E-state index is 12.2. The fourth-order valence-corrected chi connectivity index (χ4v) is 4.29. The molecule has 1 aromatic carbocycles. The normalized spacial score (nSPS) is 25.0. The van der Waals surface area contributed by atoms with Crippen LogP contribution in [-0.2, 0) is 4.79 Å². The number of rotatable bonds is 4. The number of piperidine rings is 1. The van der Waals surface area contributed by atoms with Crippen molar-refractivity contribution in [3.63, 3.8) is 0 Å². The zero-order chi connectivity index (χ0) is 15.5. The molecule has 1 saturated carbocycles. The zero-order valence-electron chi connectivity index (χ0n) is 13.3. The minimum Gasteiger partial charge on any atom is -0.326 e. The monoisotopic (exact) mass is 320 g/mol. The molecule has 1 N–H and O–H groups in total. The number of nitrogens with one attached hydrogen (secondary N) is 1. The minimum absolute atomic E-state index is 0.102. The van der Waals surface area contributed by atoms with Gasteiger partial charge in [-0.3, -0.25) is 9.69 Å². The van der Waals surface area contributed by atoms with Gasteiger partial charge in [-0.15, -0.1) is 0 Å². The van der Waals surface area contributed by atoms with Gasteiger partial charge in [0.1, 0.15) is 0 Å². The predicted octanol–water partition coefficient (Wildman–Crippen LogP) is 4.24. The molecule has 3 nitrogen and oxygen atoms in total. The Labute approximate surface area is 138 Å². The summed E-state index contributed by atoms with van der Waals surface area (Å²) in [6.07, 6.45) is 7.32. The maximum Gasteiger partial charge on any atom is 0.225 e. The summed E-state index contributed by atoms with van der Waals surface area (Å²) in [5, 5.41) is 3.72. The van der Waals surface area contributed by atoms with E-state index in [1.165, 1.54) is 32.1 Å². The van der Waals surface area contributed by atoms with Crippen molar-refractivity contribution in [1.82, 2.24) is 4.90 Å². The minimum atomic E-state index is 0.102. The molecule has 1 saturated heterocycles. The van der Waals surface area contributed by atoms with Crippen molar-refractivity contribution < 1.29 is 4.79 Å². The maximum absolute atomic E-state index is 12.2. The number of carbonyl (C=O) groups is 1. The molecule has 3 rings (SSSR count). The van der Waals surface area contributed by atoms with Gasteiger partial charge in [-0.25, -0.2) is 0 Å². The van der Waals surface area contributed by atoms with Gasteiger partial charge in [0.15, 0.2) is 0 Å². The van der Waals surface area contributed by atoms with Crippen LogP contribution in [0.2, 0.25) is 5.02 Å². The van der Waals surface area contributed by atoms with Crippen molar-refractivity contribution in [3.05, 3.63) is 28.8 Å². The molecule has 2 aliphatic rings. The lowest BCUT2D eigenvalue weighted by atomic mass is 9.92. The molecule has 0 radical (unpaired) electrons. The van der Waals surface area contributed by atoms with Crippen LogP contribution in [0.3, 0.4) is 0 Å². The molecule has 1 amide bonds. The summed E-state index contributed by atoms with van der Waals surface area (Å²) in [6, 6.07) is 6.31. The molecule has 0 bridgehead atoms. The first-order chi connectivity index (χ1) is 10.6. The molecule has 22 heavy (non-hydrogen) atoms. The van der Waals surface area contributed by atoms with Gasteiger partial charge in [0.25, 0.3) is 0 Å². The van der Waals surface area contributed by atoms with Crippen LogP contribution < -0.4 is 5.32 Å². The fraction of sp³-hybridized carbons (Fsp3) is 0.611. The highest BCUT2D eigenvalue weighted by atomic mass is 35.5. The Morgan fingerprint density at radius 2 is 2.14 bits per heavy atom. The van der Waals surface area contributed by atoms with Crippen LogP contribution in [0.5, 0.6) is 0 Å². The van der Waals surface area contributed by atoms with Gasteiger partial charge < -0.3 is 5.32 Å². The molecule has 120 valence electrons. The molecule has 1 heterocycles. The number of likely N-dealkylation sites (tertiary alicyclic amines) is 1. The number of benzene rings is 1. The summed E-state index contributed by atoms with van der Waals surface area (Å²) in [4.78, 5) is 14.8. The Balaban J connectivity index is 1.51. The summed E-state index contributed by atoms with van der Waals surface area (Å²) in [5.41, 5.74) is 1.88. The third-order valence-corrected chi connectivity index (χ3v) is 5.43. The average Bonchev–Trinajstić information content (AvgIpc) is 2.97. The van der Waals surface area contributed by atoms with Gasteiger partial charge in [-0.2, -0.15) is 0 Å². The molecule has 2 atom stereocenters. The number of halogens is 1. The van der Waals surface area contributed by atoms with Crippen molar-refractivity contribution in [1.29, 1.82) is 0 Å². The Bertz CT molecular complexity index is 546. The van der Waals surface area contributed by atoms with Crippen LogP contribution in [-0.4, -0.2) is 29.9 Å². The van der Waals surface area contributed by atoms with Gasteiger partial charge in [-0.05, 0) is 68.8 Å². The second kappa shape index (κ2) is 7.01. The summed E-state index contributed by atoms with van der Waals surface area (Å²) in [7, 11) is 0. The highest BCUT2D eigenvalue weighted by Crippen LogP contribution is 2.36. The van der Waals surface area contributed by atoms with Crippen molar-refractivity contribution in [2.75, 3.05) is 18.4 Å². The van der Waals surface area contributed by atoms with Crippen LogP contribution in [0.4, 0.5) is 5.69 Å². The third kappa shape index (κ3) is 3.64. The SMILES string of the molecule is Cc1cc(Cl)ccc1NC(=O)CCN1CCCC2CCCC21. The molecule has 1 aliphatic carbocycles. The standard InChI is InChI=1S/C18H25ClN2O/c1-13-12-15(19)7-8-16(13)20-18(22)9-11-21-10-3-5-14-4-2-6-17(14)21/h7-8,12,14,17H,2-6,9-11H2,1H3,(H,20,22). The number of anilines is 1. The number of carbonyl (C=O) groups excluding carboxylic acids is 1. The quantitative estimate of drug-likeness (QED) is 0.900. The Hall–Kier alpha value is -1.06. The summed E-state index contributed by atoms with van der Waals surface area (Å²) >= 11 is 5.95. The van der Waals surface area contributed by atoms with Crippen LogP contribution in [0.1, 0.15) is 44.1 Å². The van der Waals surface area contributed by atoms with E-state index in [1.807, 2.05) is 25.1 Å². The van der Waals surface area contributed by atoms with Crippen molar-refractivity contribution in [2.45, 2.75) is 51.5 Å². The lowest BCUT2D eigenvalue weighted by molar-refractivity contribution is -0.116. The molecule has 1 aromatic rings. The van der Waals surface area contributed by atoms with E-state index in [-0.39, 0.29) is 5.91 Å². The predicted molar refractivity (Wildman–Crippen MR) is 91.4 cm³/mol. The van der Waals surface area contributed by atoms with Crippen LogP contribution in [0.15, 0.2) is 18.2 Å². The van der Waals surface area contributed by atoms with Gasteiger partial charge in [0.05, 0.1) is 0 Å². The largest absolute Gasteiger partial charge is 0.326 e. The number of nitrogens with zero attached hydrogens (tertiary/aromatic N) is 1. The van der Waals surface area contributed by atoms with Gasteiger partial charge in [0, 0.05) is 29.7 Å². The van der Waals surface area contributed by atoms with Crippen molar-refractivity contribution >= 4 is 23.2 Å². The lowest BCUT2D eigenvalue weighted by Crippen LogP contribution is -2.43. The second-order valence-electron chi connectivity index (χ2n) is 6.69. The molecule has 0 spiro atoms. The van der Waals surface area contributed by atoms with E-state index in [4.69, 9.17) is 11.6 Å². The summed E-state index contributed by atoms with van der Waals surface area (Å²) < 4.78 is 0. The molecular weight excluding hydrogens is 296 g/mol. The molecule has 0 aromatic heterocycles. The van der Waals surface area contributed by atoms with Crippen molar-refractivity contribution in [3.8, 4) is 0 Å². The number of hydrogen-bond donors (Lipinski definition) is 1. The van der Waals surface area contributed by atoms with E-state index in [0.717, 1.165) is 36.3 Å². The van der Waals surface area contributed by atoms with Crippen LogP contribution in [0.25, 0.3) is 0 Å². The Morgan fingerprint density at radius 3 is 2.95 bits per heavy atom. The molecule has 2 fully saturated rings. The van der Waals surface area contributed by atoms with Gasteiger partial charge in [-0.1, -0.05) is 18.0 Å². The fourth-order valence-electron chi connectivity index (χ4n) is 4.06. The number of fused-ring (bicyclic) bond motifs is 1. The van der Waals surface area contributed by atoms with Crippen LogP contribution >= 0.6 is 11.6 Å². The Morgan fingerprint density at radius 1 is 1.32 bits per heavy atom. The molecule has 4 heteroatoms. The second-order valence-corrected chi connectivity index (χ2v) is 7.13. The molecular formula is C18H25ClN2O. The highest BCUT2D eigenvalue weighted by molar-refractivity contribution is 6.30. The summed E-state index contributed by atoms with van der Waals surface area (Å²) in [6.45, 7) is 4.02. The van der Waals surface area contributed by atoms with E-state index in [2.05, 4.69) is 10.2 Å². The third-order valence-electron chi connectivity index (χ3n) is 5.20. The van der Waals surface area contributed by atoms with Gasteiger partial charge >= 0.3 is 0 Å². The van der Waals surface area contributed by atoms with E-state index >= 15 is 0 Å². The first-order valence-electron chi connectivity index (χ1n) is 8.43. The summed E-state index contributed by atoms with van der Waals surface area (Å²) in [5.74, 6) is 0.987. The van der Waals surface area contributed by atoms with Crippen LogP contribution in [0, 0.1) is 12.8 Å². The number of amides is 1. The Kier molecular flexibility index (Phi) is 5.04. The molecule has 1 aliphatic heterocycles. The van der Waals surface area contributed by atoms with E-state index < -0.39 is 0 Å². The first kappa shape index (κ1) is 15.8. The van der Waals surface area contributed by atoms with Gasteiger partial charge in [0.2, 0.25) is 5.91 Å². The topological polar surface area (TPSA) is 32.3 Å². The van der Waals surface area contributed by atoms with Crippen molar-refractivity contribution in [2.24, 2.45) is 5.92 Å². The van der Waals surface area contributed by atoms with E-state index in [0.29, 0.717) is 11.4 Å². The smallest absolute Gasteiger partial charge is 0.225 e. The number of hydrogen-bond acceptors (Lipinski definition) is 2. The number of aryl methyl sites for hydroxylation is 1. The molecule has 2 unspecified atom stereocenters. The van der Waals surface area contributed by atoms with E-state index in [1.54, 1.807) is 0 Å².